The number of nitrogens with zero attached hydrogens (tertiary/aromatic N) is 2. The average Bonchev–Trinajstić information content (AvgIpc) is 2.67. The Bertz CT molecular complexity index is 282. The highest BCUT2D eigenvalue weighted by atomic mass is 32.1. The zero-order valence-electron chi connectivity index (χ0n) is 9.23. The van der Waals surface area contributed by atoms with E-state index in [1.807, 2.05) is 16.9 Å². The molecule has 84 valence electrons. The molecule has 0 aliphatic heterocycles. The maximum atomic E-state index is 5.12. The van der Waals surface area contributed by atoms with Crippen LogP contribution in [0.1, 0.15) is 13.8 Å². The first-order chi connectivity index (χ1) is 7.18. The summed E-state index contributed by atoms with van der Waals surface area (Å²) in [7, 11) is 0. The molecule has 4 nitrogen and oxygen atoms in total. The van der Waals surface area contributed by atoms with E-state index in [1.165, 1.54) is 0 Å². The zero-order valence-corrected chi connectivity index (χ0v) is 10.0. The van der Waals surface area contributed by atoms with Crippen molar-refractivity contribution in [1.29, 1.82) is 0 Å². The van der Waals surface area contributed by atoms with Crippen LogP contribution in [0.15, 0.2) is 18.5 Å². The summed E-state index contributed by atoms with van der Waals surface area (Å²) in [5, 5.41) is 11.1. The summed E-state index contributed by atoms with van der Waals surface area (Å²) in [5.74, 6) is 0.607. The van der Waals surface area contributed by atoms with Gasteiger partial charge in [0.25, 0.3) is 0 Å². The largest absolute Gasteiger partial charge is 0.362 e. The van der Waals surface area contributed by atoms with Crippen LogP contribution in [0.3, 0.4) is 0 Å². The van der Waals surface area contributed by atoms with E-state index in [9.17, 15) is 0 Å². The minimum atomic E-state index is 0.607. The molecule has 0 atom stereocenters. The SMILES string of the molecule is CC(C)CNC(=S)NCCn1cccn1. The first-order valence-corrected chi connectivity index (χ1v) is 5.58. The minimum Gasteiger partial charge on any atom is -0.362 e. The molecule has 1 aromatic rings. The molecule has 5 heteroatoms. The maximum absolute atomic E-state index is 5.12. The van der Waals surface area contributed by atoms with E-state index in [0.717, 1.165) is 24.7 Å². The van der Waals surface area contributed by atoms with Crippen molar-refractivity contribution in [1.82, 2.24) is 20.4 Å². The predicted molar refractivity (Wildman–Crippen MR) is 65.7 cm³/mol. The van der Waals surface area contributed by atoms with Crippen LogP contribution in [0.4, 0.5) is 0 Å². The lowest BCUT2D eigenvalue weighted by atomic mass is 10.2. The lowest BCUT2D eigenvalue weighted by Crippen LogP contribution is -2.38. The Labute approximate surface area is 96.1 Å². The molecular weight excluding hydrogens is 208 g/mol. The molecule has 1 heterocycles. The van der Waals surface area contributed by atoms with Crippen LogP contribution in [0.25, 0.3) is 0 Å². The van der Waals surface area contributed by atoms with Crippen LogP contribution >= 0.6 is 12.2 Å². The fourth-order valence-electron chi connectivity index (χ4n) is 1.08. The van der Waals surface area contributed by atoms with Crippen molar-refractivity contribution in [3.63, 3.8) is 0 Å². The van der Waals surface area contributed by atoms with E-state index in [4.69, 9.17) is 12.2 Å². The molecule has 0 aliphatic rings. The van der Waals surface area contributed by atoms with Crippen molar-refractivity contribution >= 4 is 17.3 Å². The first kappa shape index (κ1) is 12.0. The van der Waals surface area contributed by atoms with E-state index in [1.54, 1.807) is 6.20 Å². The van der Waals surface area contributed by atoms with Gasteiger partial charge >= 0.3 is 0 Å². The van der Waals surface area contributed by atoms with Crippen molar-refractivity contribution in [2.75, 3.05) is 13.1 Å². The van der Waals surface area contributed by atoms with Gasteiger partial charge < -0.3 is 10.6 Å². The van der Waals surface area contributed by atoms with E-state index < -0.39 is 0 Å². The Balaban J connectivity index is 2.07. The molecule has 0 unspecified atom stereocenters. The van der Waals surface area contributed by atoms with Crippen molar-refractivity contribution < 1.29 is 0 Å². The molecule has 15 heavy (non-hydrogen) atoms. The third kappa shape index (κ3) is 5.37. The number of rotatable bonds is 5. The monoisotopic (exact) mass is 226 g/mol. The quantitative estimate of drug-likeness (QED) is 0.735. The first-order valence-electron chi connectivity index (χ1n) is 5.17. The molecule has 1 rings (SSSR count). The molecule has 0 aliphatic carbocycles. The van der Waals surface area contributed by atoms with Gasteiger partial charge in [0.05, 0.1) is 6.54 Å². The van der Waals surface area contributed by atoms with Gasteiger partial charge in [0.2, 0.25) is 0 Å². The van der Waals surface area contributed by atoms with Gasteiger partial charge in [-0.25, -0.2) is 0 Å². The molecular formula is C10H18N4S. The molecule has 0 fully saturated rings. The molecule has 0 radical (unpaired) electrons. The predicted octanol–water partition coefficient (Wildman–Crippen LogP) is 1.00. The molecule has 1 aromatic heterocycles. The third-order valence-corrected chi connectivity index (χ3v) is 2.15. The molecule has 0 saturated heterocycles. The topological polar surface area (TPSA) is 41.9 Å². The Morgan fingerprint density at radius 1 is 1.47 bits per heavy atom. The molecule has 0 bridgehead atoms. The standard InChI is InChI=1S/C10H18N4S/c1-9(2)8-12-10(15)11-5-7-14-6-3-4-13-14/h3-4,6,9H,5,7-8H2,1-2H3,(H2,11,12,15). The van der Waals surface area contributed by atoms with Gasteiger partial charge in [-0.2, -0.15) is 5.10 Å². The highest BCUT2D eigenvalue weighted by Crippen LogP contribution is 1.87. The lowest BCUT2D eigenvalue weighted by molar-refractivity contribution is 0.588. The Morgan fingerprint density at radius 3 is 2.87 bits per heavy atom. The molecule has 2 N–H and O–H groups in total. The van der Waals surface area contributed by atoms with Crippen molar-refractivity contribution in [3.8, 4) is 0 Å². The van der Waals surface area contributed by atoms with E-state index in [-0.39, 0.29) is 0 Å². The summed E-state index contributed by atoms with van der Waals surface area (Å²) >= 11 is 5.12. The maximum Gasteiger partial charge on any atom is 0.166 e. The van der Waals surface area contributed by atoms with Crippen LogP contribution in [0.5, 0.6) is 0 Å². The van der Waals surface area contributed by atoms with Gasteiger partial charge in [-0.15, -0.1) is 0 Å². The third-order valence-electron chi connectivity index (χ3n) is 1.86. The van der Waals surface area contributed by atoms with Crippen LogP contribution in [0.2, 0.25) is 0 Å². The van der Waals surface area contributed by atoms with Gasteiger partial charge in [-0.1, -0.05) is 13.8 Å². The van der Waals surface area contributed by atoms with E-state index in [0.29, 0.717) is 5.92 Å². The summed E-state index contributed by atoms with van der Waals surface area (Å²) in [4.78, 5) is 0. The van der Waals surface area contributed by atoms with E-state index >= 15 is 0 Å². The fraction of sp³-hybridized carbons (Fsp3) is 0.600. The van der Waals surface area contributed by atoms with Crippen molar-refractivity contribution in [2.24, 2.45) is 5.92 Å². The summed E-state index contributed by atoms with van der Waals surface area (Å²) in [6.07, 6.45) is 3.71. The fourth-order valence-corrected chi connectivity index (χ4v) is 1.26. The van der Waals surface area contributed by atoms with Gasteiger partial charge in [-0.3, -0.25) is 4.68 Å². The second-order valence-electron chi connectivity index (χ2n) is 3.80. The van der Waals surface area contributed by atoms with Crippen LogP contribution in [-0.2, 0) is 6.54 Å². The lowest BCUT2D eigenvalue weighted by Gasteiger charge is -2.11. The van der Waals surface area contributed by atoms with Crippen LogP contribution in [-0.4, -0.2) is 28.0 Å². The smallest absolute Gasteiger partial charge is 0.166 e. The van der Waals surface area contributed by atoms with Crippen molar-refractivity contribution in [2.45, 2.75) is 20.4 Å². The Morgan fingerprint density at radius 2 is 2.27 bits per heavy atom. The number of aromatic nitrogens is 2. The molecule has 0 spiro atoms. The second kappa shape index (κ2) is 6.40. The summed E-state index contributed by atoms with van der Waals surface area (Å²) in [5.41, 5.74) is 0. The zero-order chi connectivity index (χ0) is 11.1. The molecule has 0 amide bonds. The van der Waals surface area contributed by atoms with E-state index in [2.05, 4.69) is 29.6 Å². The minimum absolute atomic E-state index is 0.607. The normalized spacial score (nSPS) is 10.3. The number of hydrogen-bond acceptors (Lipinski definition) is 2. The number of hydrogen-bond donors (Lipinski definition) is 2. The summed E-state index contributed by atoms with van der Waals surface area (Å²) in [6.45, 7) is 6.84. The Kier molecular flexibility index (Phi) is 5.10. The summed E-state index contributed by atoms with van der Waals surface area (Å²) < 4.78 is 1.87. The second-order valence-corrected chi connectivity index (χ2v) is 4.21. The number of thiocarbonyl (C=S) groups is 1. The highest BCUT2D eigenvalue weighted by molar-refractivity contribution is 7.80. The average molecular weight is 226 g/mol. The van der Waals surface area contributed by atoms with Crippen LogP contribution < -0.4 is 10.6 Å². The Hall–Kier alpha value is -1.10. The molecule has 0 saturated carbocycles. The van der Waals surface area contributed by atoms with Gasteiger partial charge in [0.15, 0.2) is 5.11 Å². The summed E-state index contributed by atoms with van der Waals surface area (Å²) in [6, 6.07) is 1.91. The highest BCUT2D eigenvalue weighted by Gasteiger charge is 1.97. The van der Waals surface area contributed by atoms with Gasteiger partial charge in [0.1, 0.15) is 0 Å². The van der Waals surface area contributed by atoms with Crippen molar-refractivity contribution in [3.05, 3.63) is 18.5 Å². The number of nitrogens with one attached hydrogen (secondary N) is 2. The molecule has 0 aromatic carbocycles. The van der Waals surface area contributed by atoms with Gasteiger partial charge in [0, 0.05) is 25.5 Å². The van der Waals surface area contributed by atoms with Crippen LogP contribution in [0, 0.1) is 5.92 Å². The van der Waals surface area contributed by atoms with Gasteiger partial charge in [-0.05, 0) is 24.2 Å².